The van der Waals surface area contributed by atoms with Crippen molar-refractivity contribution in [2.75, 3.05) is 7.11 Å². The molecule has 0 saturated carbocycles. The maximum atomic E-state index is 12.5. The molecule has 0 heterocycles. The summed E-state index contributed by atoms with van der Waals surface area (Å²) >= 11 is 3.26. The van der Waals surface area contributed by atoms with Gasteiger partial charge in [0.1, 0.15) is 0 Å². The Morgan fingerprint density at radius 2 is 1.60 bits per heavy atom. The number of hydrogen-bond acceptors (Lipinski definition) is 4. The number of aromatic hydroxyl groups is 1. The summed E-state index contributed by atoms with van der Waals surface area (Å²) in [6.07, 6.45) is 0. The van der Waals surface area contributed by atoms with Crippen LogP contribution in [-0.2, 0) is 0 Å². The van der Waals surface area contributed by atoms with Gasteiger partial charge >= 0.3 is 0 Å². The van der Waals surface area contributed by atoms with E-state index in [1.165, 1.54) is 13.2 Å². The second-order valence-corrected chi connectivity index (χ2v) is 5.22. The van der Waals surface area contributed by atoms with Gasteiger partial charge < -0.3 is 9.84 Å². The van der Waals surface area contributed by atoms with Crippen molar-refractivity contribution in [3.8, 4) is 11.5 Å². The van der Waals surface area contributed by atoms with Crippen molar-refractivity contribution in [2.24, 2.45) is 0 Å². The lowest BCUT2D eigenvalue weighted by Gasteiger charge is -2.20. The van der Waals surface area contributed by atoms with Crippen LogP contribution in [0.15, 0.2) is 34.8 Å². The van der Waals surface area contributed by atoms with Gasteiger partial charge in [-0.15, -0.1) is 0 Å². The number of phenols is 1. The molecule has 0 radical (unpaired) electrons. The zero-order valence-electron chi connectivity index (χ0n) is 10.4. The van der Waals surface area contributed by atoms with Crippen LogP contribution in [0.1, 0.15) is 31.8 Å². The highest BCUT2D eigenvalue weighted by molar-refractivity contribution is 9.10. The van der Waals surface area contributed by atoms with E-state index in [4.69, 9.17) is 4.74 Å². The molecule has 0 saturated heterocycles. The molecule has 4 nitrogen and oxygen atoms in total. The minimum Gasteiger partial charge on any atom is -0.504 e. The van der Waals surface area contributed by atoms with Crippen molar-refractivity contribution >= 4 is 27.5 Å². The normalized spacial score (nSPS) is 12.9. The number of fused-ring (bicyclic) bond motifs is 2. The standard InChI is InChI=1S/C15H9BrO4/c1-20-10-6-9(16)11-12(15(10)19)14(18)8-5-3-2-4-7(8)13(11)17/h2-6,19H,1H3. The van der Waals surface area contributed by atoms with Gasteiger partial charge in [-0.05, 0) is 22.0 Å². The molecule has 2 aromatic rings. The first kappa shape index (κ1) is 12.9. The van der Waals surface area contributed by atoms with Crippen LogP contribution in [0.5, 0.6) is 11.5 Å². The number of carbonyl (C=O) groups is 2. The van der Waals surface area contributed by atoms with Gasteiger partial charge in [-0.3, -0.25) is 9.59 Å². The van der Waals surface area contributed by atoms with Crippen LogP contribution >= 0.6 is 15.9 Å². The number of rotatable bonds is 1. The predicted molar refractivity (Wildman–Crippen MR) is 75.7 cm³/mol. The molecule has 1 aliphatic carbocycles. The Morgan fingerprint density at radius 1 is 1.05 bits per heavy atom. The molecule has 5 heteroatoms. The third-order valence-corrected chi connectivity index (χ3v) is 3.93. The van der Waals surface area contributed by atoms with Crippen molar-refractivity contribution in [3.05, 3.63) is 57.1 Å². The van der Waals surface area contributed by atoms with Gasteiger partial charge in [-0.1, -0.05) is 24.3 Å². The monoisotopic (exact) mass is 332 g/mol. The van der Waals surface area contributed by atoms with Gasteiger partial charge in [0.05, 0.1) is 18.2 Å². The second kappa shape index (κ2) is 4.45. The molecule has 2 aromatic carbocycles. The minimum absolute atomic E-state index is 0.0140. The fourth-order valence-corrected chi connectivity index (χ4v) is 2.95. The summed E-state index contributed by atoms with van der Waals surface area (Å²) in [4.78, 5) is 25.0. The number of hydrogen-bond donors (Lipinski definition) is 1. The molecule has 0 atom stereocenters. The zero-order valence-corrected chi connectivity index (χ0v) is 12.0. The lowest BCUT2D eigenvalue weighted by molar-refractivity contribution is 0.0975. The van der Waals surface area contributed by atoms with Gasteiger partial charge in [-0.2, -0.15) is 0 Å². The van der Waals surface area contributed by atoms with Crippen LogP contribution in [0, 0.1) is 0 Å². The molecule has 0 fully saturated rings. The SMILES string of the molecule is COc1cc(Br)c2c(c1O)C(=O)c1ccccc1C2=O. The van der Waals surface area contributed by atoms with Gasteiger partial charge in [0.25, 0.3) is 0 Å². The summed E-state index contributed by atoms with van der Waals surface area (Å²) in [5.41, 5.74) is 0.794. The number of carbonyl (C=O) groups excluding carboxylic acids is 2. The van der Waals surface area contributed by atoms with Crippen LogP contribution < -0.4 is 4.74 Å². The Labute approximate surface area is 123 Å². The minimum atomic E-state index is -0.382. The highest BCUT2D eigenvalue weighted by atomic mass is 79.9. The quantitative estimate of drug-likeness (QED) is 0.744. The molecule has 0 amide bonds. The van der Waals surface area contributed by atoms with Gasteiger partial charge in [0.15, 0.2) is 23.1 Å². The third-order valence-electron chi connectivity index (χ3n) is 3.31. The average Bonchev–Trinajstić information content (AvgIpc) is 2.46. The van der Waals surface area contributed by atoms with E-state index in [9.17, 15) is 14.7 Å². The molecular formula is C15H9BrO4. The van der Waals surface area contributed by atoms with Crippen LogP contribution in [0.2, 0.25) is 0 Å². The Bertz CT molecular complexity index is 765. The molecule has 0 aliphatic heterocycles. The third kappa shape index (κ3) is 1.59. The first-order chi connectivity index (χ1) is 9.56. The number of ether oxygens (including phenoxy) is 1. The molecule has 0 unspecified atom stereocenters. The Hall–Kier alpha value is -2.14. The number of benzene rings is 2. The van der Waals surface area contributed by atoms with E-state index in [0.29, 0.717) is 15.6 Å². The molecule has 100 valence electrons. The molecule has 0 bridgehead atoms. The summed E-state index contributed by atoms with van der Waals surface area (Å²) in [7, 11) is 1.39. The summed E-state index contributed by atoms with van der Waals surface area (Å²) in [5, 5.41) is 10.2. The smallest absolute Gasteiger partial charge is 0.198 e. The molecule has 0 spiro atoms. The topological polar surface area (TPSA) is 63.6 Å². The summed E-state index contributed by atoms with van der Waals surface area (Å²) < 4.78 is 5.45. The fraction of sp³-hybridized carbons (Fsp3) is 0.0667. The van der Waals surface area contributed by atoms with E-state index in [0.717, 1.165) is 0 Å². The maximum Gasteiger partial charge on any atom is 0.198 e. The zero-order chi connectivity index (χ0) is 14.4. The van der Waals surface area contributed by atoms with E-state index < -0.39 is 0 Å². The number of halogens is 1. The van der Waals surface area contributed by atoms with Crippen LogP contribution in [-0.4, -0.2) is 23.8 Å². The van der Waals surface area contributed by atoms with Gasteiger partial charge in [0, 0.05) is 15.6 Å². The summed E-state index contributed by atoms with van der Waals surface area (Å²) in [6, 6.07) is 8.04. The van der Waals surface area contributed by atoms with Gasteiger partial charge in [-0.25, -0.2) is 0 Å². The van der Waals surface area contributed by atoms with E-state index >= 15 is 0 Å². The fourth-order valence-electron chi connectivity index (χ4n) is 2.36. The van der Waals surface area contributed by atoms with Crippen molar-refractivity contribution in [1.82, 2.24) is 0 Å². The van der Waals surface area contributed by atoms with Crippen molar-refractivity contribution < 1.29 is 19.4 Å². The largest absolute Gasteiger partial charge is 0.504 e. The molecule has 1 aliphatic rings. The molecular weight excluding hydrogens is 324 g/mol. The molecule has 20 heavy (non-hydrogen) atoms. The highest BCUT2D eigenvalue weighted by Crippen LogP contribution is 2.42. The lowest BCUT2D eigenvalue weighted by Crippen LogP contribution is -2.21. The van der Waals surface area contributed by atoms with E-state index in [-0.39, 0.29) is 34.2 Å². The molecule has 1 N–H and O–H groups in total. The van der Waals surface area contributed by atoms with Crippen molar-refractivity contribution in [3.63, 3.8) is 0 Å². The Kier molecular flexibility index (Phi) is 2.87. The average molecular weight is 333 g/mol. The Balaban J connectivity index is 2.39. The van der Waals surface area contributed by atoms with Gasteiger partial charge in [0.2, 0.25) is 0 Å². The van der Waals surface area contributed by atoms with E-state index in [1.54, 1.807) is 24.3 Å². The first-order valence-electron chi connectivity index (χ1n) is 5.84. The number of ketones is 2. The van der Waals surface area contributed by atoms with E-state index in [2.05, 4.69) is 15.9 Å². The molecule has 0 aromatic heterocycles. The first-order valence-corrected chi connectivity index (χ1v) is 6.63. The predicted octanol–water partition coefficient (Wildman–Crippen LogP) is 2.94. The maximum absolute atomic E-state index is 12.5. The Morgan fingerprint density at radius 3 is 2.15 bits per heavy atom. The van der Waals surface area contributed by atoms with Crippen LogP contribution in [0.4, 0.5) is 0 Å². The summed E-state index contributed by atoms with van der Waals surface area (Å²) in [5.74, 6) is -0.831. The highest BCUT2D eigenvalue weighted by Gasteiger charge is 2.35. The number of methoxy groups -OCH3 is 1. The molecule has 3 rings (SSSR count). The second-order valence-electron chi connectivity index (χ2n) is 4.36. The number of phenolic OH excluding ortho intramolecular Hbond substituents is 1. The van der Waals surface area contributed by atoms with E-state index in [1.807, 2.05) is 0 Å². The lowest BCUT2D eigenvalue weighted by atomic mass is 9.83. The van der Waals surface area contributed by atoms with Crippen molar-refractivity contribution in [2.45, 2.75) is 0 Å². The van der Waals surface area contributed by atoms with Crippen LogP contribution in [0.25, 0.3) is 0 Å². The summed E-state index contributed by atoms with van der Waals surface area (Å²) in [6.45, 7) is 0. The van der Waals surface area contributed by atoms with Crippen molar-refractivity contribution in [1.29, 1.82) is 0 Å². The van der Waals surface area contributed by atoms with Crippen LogP contribution in [0.3, 0.4) is 0 Å².